The Kier molecular flexibility index (Phi) is 13.9. The maximum Gasteiger partial charge on any atom is 0.174 e. The van der Waals surface area contributed by atoms with E-state index in [9.17, 15) is 4.79 Å². The number of aldehydes is 1. The number of halogens is 3. The van der Waals surface area contributed by atoms with Gasteiger partial charge in [0.2, 0.25) is 0 Å². The van der Waals surface area contributed by atoms with E-state index >= 15 is 0 Å². The van der Waals surface area contributed by atoms with Crippen molar-refractivity contribution in [1.29, 1.82) is 0 Å². The monoisotopic (exact) mass is 1030 g/mol. The zero-order valence-corrected chi connectivity index (χ0v) is 41.5. The van der Waals surface area contributed by atoms with Gasteiger partial charge in [-0.25, -0.2) is 4.68 Å². The van der Waals surface area contributed by atoms with Crippen LogP contribution in [0.15, 0.2) is 183 Å². The highest BCUT2D eigenvalue weighted by atomic mass is 79.9. The number of para-hydroxylation sites is 1. The maximum atomic E-state index is 13.7. The fraction of sp³-hybridized carbons (Fsp3) is 0.175. The first kappa shape index (κ1) is 45.1. The molecular weight excluding hydrogens is 984 g/mol. The van der Waals surface area contributed by atoms with Crippen LogP contribution in [-0.2, 0) is 16.6 Å². The third-order valence-corrected chi connectivity index (χ3v) is 14.2. The van der Waals surface area contributed by atoms with Gasteiger partial charge in [0.05, 0.1) is 5.41 Å². The molecule has 1 unspecified atom stereocenters. The maximum absolute atomic E-state index is 13.7. The normalized spacial score (nSPS) is 12.7. The minimum Gasteiger partial charge on any atom is -0.357 e. The number of anilines is 1. The van der Waals surface area contributed by atoms with E-state index in [1.807, 2.05) is 23.4 Å². The highest BCUT2D eigenvalue weighted by molar-refractivity contribution is 9.11. The number of aromatic nitrogens is 1. The second kappa shape index (κ2) is 19.7. The van der Waals surface area contributed by atoms with Gasteiger partial charge in [-0.05, 0) is 125 Å². The fourth-order valence-electron chi connectivity index (χ4n) is 9.26. The standard InChI is InChI=1S/C57H51Br3N2O2/c1-6-18-44-23-17-26-48(49(7-2)57(5,37-63)45-24-15-10-16-25-45)55(44)62(61-38(3)27-28-39(61)4)64-56-52(42-29-33-46(58)34-30-42)50(40-19-11-8-12-20-40)54(60)51(41-21-13-9-14-22-41)53(56)43-31-35-47(59)36-32-43/h8-17,19-37,49H,6-7,18H2,1-5H3/t49?,57-/m0/s1. The topological polar surface area (TPSA) is 34.5 Å². The molecule has 2 atom stereocenters. The van der Waals surface area contributed by atoms with Crippen molar-refractivity contribution >= 4 is 59.8 Å². The van der Waals surface area contributed by atoms with E-state index in [0.29, 0.717) is 12.2 Å². The summed E-state index contributed by atoms with van der Waals surface area (Å²) in [6.07, 6.45) is 3.57. The molecule has 7 aromatic carbocycles. The summed E-state index contributed by atoms with van der Waals surface area (Å²) in [6.45, 7) is 10.7. The van der Waals surface area contributed by atoms with E-state index in [1.54, 1.807) is 0 Å². The first-order chi connectivity index (χ1) is 31.1. The Hall–Kier alpha value is -5.47. The van der Waals surface area contributed by atoms with E-state index in [4.69, 9.17) is 4.84 Å². The Balaban J connectivity index is 1.56. The van der Waals surface area contributed by atoms with Gasteiger partial charge in [0.1, 0.15) is 12.0 Å². The summed E-state index contributed by atoms with van der Waals surface area (Å²) < 4.78 is 5.10. The van der Waals surface area contributed by atoms with E-state index in [2.05, 4.69) is 239 Å². The molecule has 0 aliphatic carbocycles. The van der Waals surface area contributed by atoms with Gasteiger partial charge < -0.3 is 9.63 Å². The summed E-state index contributed by atoms with van der Waals surface area (Å²) in [5.41, 5.74) is 13.2. The lowest BCUT2D eigenvalue weighted by Gasteiger charge is -2.38. The van der Waals surface area contributed by atoms with Crippen LogP contribution in [0.1, 0.15) is 67.6 Å². The largest absolute Gasteiger partial charge is 0.357 e. The first-order valence-corrected chi connectivity index (χ1v) is 24.3. The summed E-state index contributed by atoms with van der Waals surface area (Å²) in [7, 11) is 0. The van der Waals surface area contributed by atoms with Crippen molar-refractivity contribution in [2.75, 3.05) is 5.17 Å². The molecule has 0 bridgehead atoms. The predicted molar refractivity (Wildman–Crippen MR) is 277 cm³/mol. The fourth-order valence-corrected chi connectivity index (χ4v) is 10.6. The lowest BCUT2D eigenvalue weighted by Crippen LogP contribution is -2.39. The molecule has 8 rings (SSSR count). The van der Waals surface area contributed by atoms with Crippen molar-refractivity contribution < 1.29 is 9.63 Å². The van der Waals surface area contributed by atoms with Crippen LogP contribution in [0, 0.1) is 13.8 Å². The minimum absolute atomic E-state index is 0.206. The number of nitrogens with zero attached hydrogens (tertiary/aromatic N) is 2. The van der Waals surface area contributed by atoms with Crippen LogP contribution >= 0.6 is 47.8 Å². The highest BCUT2D eigenvalue weighted by Crippen LogP contribution is 2.56. The third-order valence-electron chi connectivity index (χ3n) is 12.4. The molecule has 4 nitrogen and oxygen atoms in total. The highest BCUT2D eigenvalue weighted by Gasteiger charge is 2.40. The Morgan fingerprint density at radius 3 is 1.52 bits per heavy atom. The van der Waals surface area contributed by atoms with Gasteiger partial charge in [-0.3, -0.25) is 0 Å². The van der Waals surface area contributed by atoms with Crippen molar-refractivity contribution in [3.63, 3.8) is 0 Å². The molecule has 1 heterocycles. The molecule has 0 N–H and O–H groups in total. The molecule has 0 saturated heterocycles. The third kappa shape index (κ3) is 8.70. The lowest BCUT2D eigenvalue weighted by atomic mass is 9.68. The molecule has 64 heavy (non-hydrogen) atoms. The molecule has 8 aromatic rings. The van der Waals surface area contributed by atoms with Crippen molar-refractivity contribution in [3.05, 3.63) is 211 Å². The van der Waals surface area contributed by atoms with Crippen molar-refractivity contribution in [2.24, 2.45) is 0 Å². The molecule has 0 saturated carbocycles. The van der Waals surface area contributed by atoms with Gasteiger partial charge in [-0.15, -0.1) is 5.17 Å². The van der Waals surface area contributed by atoms with Gasteiger partial charge in [-0.1, -0.05) is 186 Å². The number of hydrogen-bond acceptors (Lipinski definition) is 3. The summed E-state index contributed by atoms with van der Waals surface area (Å²) >= 11 is 11.8. The molecular formula is C57H51Br3N2O2. The average molecular weight is 1040 g/mol. The molecule has 0 aliphatic rings. The first-order valence-electron chi connectivity index (χ1n) is 21.9. The van der Waals surface area contributed by atoms with E-state index in [1.165, 1.54) is 0 Å². The average Bonchev–Trinajstić information content (AvgIpc) is 3.66. The molecule has 0 spiro atoms. The van der Waals surface area contributed by atoms with Gasteiger partial charge >= 0.3 is 0 Å². The number of carbonyl (C=O) groups excluding carboxylic acids is 1. The molecule has 322 valence electrons. The van der Waals surface area contributed by atoms with Crippen LogP contribution < -0.4 is 10.0 Å². The Morgan fingerprint density at radius 1 is 0.594 bits per heavy atom. The molecule has 0 radical (unpaired) electrons. The van der Waals surface area contributed by atoms with E-state index in [-0.39, 0.29) is 5.92 Å². The van der Waals surface area contributed by atoms with Crippen LogP contribution in [0.2, 0.25) is 0 Å². The second-order valence-corrected chi connectivity index (χ2v) is 19.1. The summed E-state index contributed by atoms with van der Waals surface area (Å²) in [5.74, 6) is 0.479. The number of benzene rings is 7. The van der Waals surface area contributed by atoms with Gasteiger partial charge in [-0.2, -0.15) is 0 Å². The number of hydrogen-bond donors (Lipinski definition) is 0. The Labute approximate surface area is 403 Å². The van der Waals surface area contributed by atoms with Gasteiger partial charge in [0, 0.05) is 53.0 Å². The molecule has 0 amide bonds. The Bertz CT molecular complexity index is 2750. The smallest absolute Gasteiger partial charge is 0.174 e. The zero-order chi connectivity index (χ0) is 45.0. The minimum atomic E-state index is -0.841. The van der Waals surface area contributed by atoms with Crippen molar-refractivity contribution in [2.45, 2.75) is 65.2 Å². The second-order valence-electron chi connectivity index (χ2n) is 16.5. The Morgan fingerprint density at radius 2 is 1.06 bits per heavy atom. The molecule has 7 heteroatoms. The van der Waals surface area contributed by atoms with Crippen molar-refractivity contribution in [1.82, 2.24) is 4.68 Å². The van der Waals surface area contributed by atoms with Crippen LogP contribution in [0.25, 0.3) is 44.5 Å². The van der Waals surface area contributed by atoms with Crippen LogP contribution in [-0.4, -0.2) is 11.0 Å². The number of aryl methyl sites for hydroxylation is 3. The quantitative estimate of drug-likeness (QED) is 0.0758. The van der Waals surface area contributed by atoms with Gasteiger partial charge in [0.25, 0.3) is 0 Å². The summed E-state index contributed by atoms with van der Waals surface area (Å²) in [6, 6.07) is 59.2. The molecule has 1 aromatic heterocycles. The predicted octanol–water partition coefficient (Wildman–Crippen LogP) is 16.9. The summed E-state index contributed by atoms with van der Waals surface area (Å²) in [5, 5.41) is 2.04. The van der Waals surface area contributed by atoms with E-state index in [0.717, 1.165) is 111 Å². The van der Waals surface area contributed by atoms with Crippen molar-refractivity contribution in [3.8, 4) is 50.3 Å². The SMILES string of the molecule is CCCc1cccc(C(CC)[C@@](C)(C=O)c2ccccc2)c1N(Oc1c(-c2ccc(Br)cc2)c(-c2ccccc2)c(Br)c(-c2ccccc2)c1-c1ccc(Br)cc1)n1c(C)ccc1C. The molecule has 0 aliphatic heterocycles. The molecule has 0 fully saturated rings. The van der Waals surface area contributed by atoms with E-state index < -0.39 is 5.41 Å². The van der Waals surface area contributed by atoms with Crippen LogP contribution in [0.4, 0.5) is 5.69 Å². The van der Waals surface area contributed by atoms with Crippen LogP contribution in [0.3, 0.4) is 0 Å². The van der Waals surface area contributed by atoms with Crippen LogP contribution in [0.5, 0.6) is 5.75 Å². The lowest BCUT2D eigenvalue weighted by molar-refractivity contribution is -0.112. The summed E-state index contributed by atoms with van der Waals surface area (Å²) in [4.78, 5) is 21.7. The number of carbonyl (C=O) groups is 1. The van der Waals surface area contributed by atoms with Gasteiger partial charge in [0.15, 0.2) is 5.75 Å². The number of rotatable bonds is 15. The zero-order valence-electron chi connectivity index (χ0n) is 36.8.